The van der Waals surface area contributed by atoms with Crippen molar-refractivity contribution in [2.24, 2.45) is 0 Å². The van der Waals surface area contributed by atoms with Crippen LogP contribution >= 0.6 is 15.9 Å². The normalized spacial score (nSPS) is 10.7. The molecule has 3 rings (SSSR count). The minimum absolute atomic E-state index is 0.183. The van der Waals surface area contributed by atoms with E-state index in [1.807, 2.05) is 24.3 Å². The molecule has 0 aliphatic carbocycles. The molecule has 7 heteroatoms. The van der Waals surface area contributed by atoms with Crippen molar-refractivity contribution in [2.45, 2.75) is 0 Å². The van der Waals surface area contributed by atoms with Gasteiger partial charge in [0.1, 0.15) is 0 Å². The van der Waals surface area contributed by atoms with E-state index >= 15 is 0 Å². The average molecular weight is 376 g/mol. The zero-order valence-corrected chi connectivity index (χ0v) is 13.6. The number of aromatic nitrogens is 1. The number of hydrogen-bond donors (Lipinski definition) is 3. The van der Waals surface area contributed by atoms with Gasteiger partial charge in [-0.05, 0) is 34.1 Å². The lowest BCUT2D eigenvalue weighted by Gasteiger charge is -2.05. The molecular weight excluding hydrogens is 362 g/mol. The van der Waals surface area contributed by atoms with E-state index in [-0.39, 0.29) is 17.6 Å². The number of para-hydroxylation sites is 1. The lowest BCUT2D eigenvalue weighted by Crippen LogP contribution is -2.34. The molecule has 2 amide bonds. The number of carbonyl (C=O) groups is 2. The van der Waals surface area contributed by atoms with Crippen LogP contribution in [0, 0.1) is 0 Å². The summed E-state index contributed by atoms with van der Waals surface area (Å²) in [5.74, 6) is -0.283. The second-order valence-electron chi connectivity index (χ2n) is 4.86. The highest BCUT2D eigenvalue weighted by Gasteiger charge is 2.12. The Bertz CT molecular complexity index is 853. The molecule has 0 radical (unpaired) electrons. The Morgan fingerprint density at radius 3 is 2.52 bits per heavy atom. The highest BCUT2D eigenvalue weighted by molar-refractivity contribution is 9.10. The first kappa shape index (κ1) is 15.4. The van der Waals surface area contributed by atoms with Gasteiger partial charge in [-0.15, -0.1) is 0 Å². The third kappa shape index (κ3) is 3.45. The zero-order chi connectivity index (χ0) is 16.2. The third-order valence-electron chi connectivity index (χ3n) is 3.33. The number of furan rings is 1. The fourth-order valence-electron chi connectivity index (χ4n) is 2.23. The Balaban J connectivity index is 1.51. The van der Waals surface area contributed by atoms with Crippen LogP contribution in [0.25, 0.3) is 10.9 Å². The second kappa shape index (κ2) is 6.70. The summed E-state index contributed by atoms with van der Waals surface area (Å²) < 4.78 is 5.64. The number of fused-ring (bicyclic) bond motifs is 1. The summed E-state index contributed by atoms with van der Waals surface area (Å²) in [6.07, 6.45) is 1.68. The number of benzene rings is 1. The summed E-state index contributed by atoms with van der Waals surface area (Å²) in [4.78, 5) is 27.0. The van der Waals surface area contributed by atoms with Crippen LogP contribution in [-0.4, -0.2) is 29.9 Å². The predicted molar refractivity (Wildman–Crippen MR) is 89.4 cm³/mol. The van der Waals surface area contributed by atoms with Gasteiger partial charge in [0.15, 0.2) is 10.4 Å². The maximum atomic E-state index is 12.2. The Morgan fingerprint density at radius 2 is 1.78 bits per heavy atom. The van der Waals surface area contributed by atoms with Crippen molar-refractivity contribution in [3.8, 4) is 0 Å². The molecule has 0 aliphatic rings. The van der Waals surface area contributed by atoms with Crippen LogP contribution < -0.4 is 10.6 Å². The molecule has 0 fully saturated rings. The van der Waals surface area contributed by atoms with Gasteiger partial charge in [-0.2, -0.15) is 0 Å². The van der Waals surface area contributed by atoms with E-state index in [1.54, 1.807) is 18.3 Å². The van der Waals surface area contributed by atoms with E-state index in [0.29, 0.717) is 23.3 Å². The number of nitrogens with one attached hydrogen (secondary N) is 3. The minimum Gasteiger partial charge on any atom is -0.444 e. The van der Waals surface area contributed by atoms with Gasteiger partial charge in [-0.3, -0.25) is 9.59 Å². The fourth-order valence-corrected chi connectivity index (χ4v) is 2.54. The molecule has 3 N–H and O–H groups in total. The molecule has 2 heterocycles. The van der Waals surface area contributed by atoms with Crippen LogP contribution in [0.5, 0.6) is 0 Å². The number of H-pyrrole nitrogens is 1. The quantitative estimate of drug-likeness (QED) is 0.599. The van der Waals surface area contributed by atoms with Crippen LogP contribution in [-0.2, 0) is 0 Å². The first-order valence-electron chi connectivity index (χ1n) is 7.03. The summed E-state index contributed by atoms with van der Waals surface area (Å²) in [6.45, 7) is 0.636. The maximum Gasteiger partial charge on any atom is 0.287 e. The van der Waals surface area contributed by atoms with Crippen molar-refractivity contribution in [2.75, 3.05) is 13.1 Å². The molecule has 1 aromatic carbocycles. The topological polar surface area (TPSA) is 87.1 Å². The number of halogens is 1. The molecule has 0 saturated carbocycles. The molecular formula is C16H14BrN3O3. The standard InChI is InChI=1S/C16H14BrN3O3/c17-14-6-5-13(23-14)16(22)19-8-7-18-15(21)11-9-20-12-4-2-1-3-10(11)12/h1-6,9,20H,7-8H2,(H,18,21)(H,19,22). The number of hydrogen-bond acceptors (Lipinski definition) is 3. The summed E-state index contributed by atoms with van der Waals surface area (Å²) >= 11 is 3.14. The predicted octanol–water partition coefficient (Wildman–Crippen LogP) is 2.68. The van der Waals surface area contributed by atoms with Gasteiger partial charge < -0.3 is 20.0 Å². The fraction of sp³-hybridized carbons (Fsp3) is 0.125. The van der Waals surface area contributed by atoms with E-state index in [4.69, 9.17) is 4.42 Å². The Morgan fingerprint density at radius 1 is 1.04 bits per heavy atom. The highest BCUT2D eigenvalue weighted by Crippen LogP contribution is 2.17. The van der Waals surface area contributed by atoms with Crippen LogP contribution in [0.2, 0.25) is 0 Å². The van der Waals surface area contributed by atoms with Crippen LogP contribution in [0.3, 0.4) is 0 Å². The lowest BCUT2D eigenvalue weighted by atomic mass is 10.1. The number of rotatable bonds is 5. The van der Waals surface area contributed by atoms with Gasteiger partial charge in [0, 0.05) is 30.2 Å². The minimum atomic E-state index is -0.322. The van der Waals surface area contributed by atoms with Crippen molar-refractivity contribution in [1.29, 1.82) is 0 Å². The van der Waals surface area contributed by atoms with Crippen molar-refractivity contribution >= 4 is 38.6 Å². The van der Waals surface area contributed by atoms with Crippen LogP contribution in [0.1, 0.15) is 20.9 Å². The highest BCUT2D eigenvalue weighted by atomic mass is 79.9. The van der Waals surface area contributed by atoms with Crippen molar-refractivity contribution < 1.29 is 14.0 Å². The molecule has 23 heavy (non-hydrogen) atoms. The first-order chi connectivity index (χ1) is 11.1. The van der Waals surface area contributed by atoms with E-state index in [9.17, 15) is 9.59 Å². The monoisotopic (exact) mass is 375 g/mol. The lowest BCUT2D eigenvalue weighted by molar-refractivity contribution is 0.0910. The van der Waals surface area contributed by atoms with Crippen molar-refractivity contribution in [1.82, 2.24) is 15.6 Å². The molecule has 6 nitrogen and oxygen atoms in total. The summed E-state index contributed by atoms with van der Waals surface area (Å²) in [7, 11) is 0. The van der Waals surface area contributed by atoms with Crippen LogP contribution in [0.4, 0.5) is 0 Å². The van der Waals surface area contributed by atoms with Gasteiger partial charge in [0.2, 0.25) is 0 Å². The summed E-state index contributed by atoms with van der Waals surface area (Å²) in [6, 6.07) is 10.8. The van der Waals surface area contributed by atoms with Crippen molar-refractivity contribution in [3.05, 3.63) is 58.6 Å². The maximum absolute atomic E-state index is 12.2. The molecule has 0 atom stereocenters. The molecule has 3 aromatic rings. The largest absolute Gasteiger partial charge is 0.444 e. The van der Waals surface area contributed by atoms with E-state index in [0.717, 1.165) is 10.9 Å². The molecule has 118 valence electrons. The van der Waals surface area contributed by atoms with E-state index in [1.165, 1.54) is 0 Å². The molecule has 0 aliphatic heterocycles. The van der Waals surface area contributed by atoms with Crippen molar-refractivity contribution in [3.63, 3.8) is 0 Å². The van der Waals surface area contributed by atoms with E-state index in [2.05, 4.69) is 31.5 Å². The summed E-state index contributed by atoms with van der Waals surface area (Å²) in [5.41, 5.74) is 1.50. The second-order valence-corrected chi connectivity index (χ2v) is 5.65. The Hall–Kier alpha value is -2.54. The van der Waals surface area contributed by atoms with E-state index < -0.39 is 0 Å². The first-order valence-corrected chi connectivity index (χ1v) is 7.82. The number of aromatic amines is 1. The smallest absolute Gasteiger partial charge is 0.287 e. The summed E-state index contributed by atoms with van der Waals surface area (Å²) in [5, 5.41) is 6.32. The Labute approximate surface area is 140 Å². The van der Waals surface area contributed by atoms with Gasteiger partial charge in [-0.1, -0.05) is 18.2 Å². The molecule has 0 spiro atoms. The average Bonchev–Trinajstić information content (AvgIpc) is 3.17. The van der Waals surface area contributed by atoms with Gasteiger partial charge in [0.25, 0.3) is 11.8 Å². The molecule has 0 saturated heterocycles. The molecule has 0 unspecified atom stereocenters. The van der Waals surface area contributed by atoms with Crippen LogP contribution in [0.15, 0.2) is 51.7 Å². The van der Waals surface area contributed by atoms with Gasteiger partial charge in [-0.25, -0.2) is 0 Å². The third-order valence-corrected chi connectivity index (χ3v) is 3.75. The molecule has 0 bridgehead atoms. The Kier molecular flexibility index (Phi) is 4.47. The molecule has 2 aromatic heterocycles. The number of amides is 2. The SMILES string of the molecule is O=C(NCCNC(=O)c1c[nH]c2ccccc12)c1ccc(Br)o1. The zero-order valence-electron chi connectivity index (χ0n) is 12.1. The number of carbonyl (C=O) groups excluding carboxylic acids is 2. The van der Waals surface area contributed by atoms with Gasteiger partial charge in [0.05, 0.1) is 5.56 Å². The van der Waals surface area contributed by atoms with Gasteiger partial charge >= 0.3 is 0 Å².